The molecule has 0 bridgehead atoms. The molecule has 0 saturated heterocycles. The minimum absolute atomic E-state index is 0.0511. The molecule has 0 unspecified atom stereocenters. The van der Waals surface area contributed by atoms with Gasteiger partial charge < -0.3 is 15.5 Å². The molecule has 0 fully saturated rings. The standard InChI is InChI=1S/C24H29N3O2/c1-17(14-18-10-6-4-7-11-18)26-22-21(23(28)24(22)29)25-16-20(27(2)3)15-19-12-8-5-9-13-19/h4-13,17,20,25-26H,14-16H2,1-3H3/t17-,20-/m1/s1. The van der Waals surface area contributed by atoms with Crippen molar-refractivity contribution in [2.45, 2.75) is 31.8 Å². The predicted octanol–water partition coefficient (Wildman–Crippen LogP) is 2.91. The minimum atomic E-state index is -0.434. The molecule has 0 aromatic heterocycles. The van der Waals surface area contributed by atoms with Gasteiger partial charge in [0.05, 0.1) is 0 Å². The van der Waals surface area contributed by atoms with Crippen LogP contribution in [-0.4, -0.2) is 37.6 Å². The van der Waals surface area contributed by atoms with Gasteiger partial charge in [-0.25, -0.2) is 0 Å². The number of hydrogen-bond acceptors (Lipinski definition) is 5. The van der Waals surface area contributed by atoms with Crippen molar-refractivity contribution in [3.63, 3.8) is 0 Å². The van der Waals surface area contributed by atoms with Crippen molar-refractivity contribution in [1.29, 1.82) is 0 Å². The van der Waals surface area contributed by atoms with Gasteiger partial charge in [-0.2, -0.15) is 0 Å². The first-order valence-electron chi connectivity index (χ1n) is 10.0. The van der Waals surface area contributed by atoms with E-state index in [2.05, 4.69) is 39.8 Å². The van der Waals surface area contributed by atoms with Crippen LogP contribution in [0.1, 0.15) is 18.1 Å². The average molecular weight is 392 g/mol. The molecular formula is C24H29N3O2. The van der Waals surface area contributed by atoms with Gasteiger partial charge >= 0.3 is 0 Å². The summed E-state index contributed by atoms with van der Waals surface area (Å²) in [4.78, 5) is 26.4. The molecule has 2 N–H and O–H groups in total. The molecule has 29 heavy (non-hydrogen) atoms. The second kappa shape index (κ2) is 9.52. The number of nitrogens with zero attached hydrogens (tertiary/aromatic N) is 1. The van der Waals surface area contributed by atoms with Crippen LogP contribution in [0.4, 0.5) is 11.4 Å². The number of benzene rings is 2. The molecule has 0 aliphatic rings. The molecule has 0 saturated carbocycles. The summed E-state index contributed by atoms with van der Waals surface area (Å²) < 4.78 is 0. The van der Waals surface area contributed by atoms with E-state index >= 15 is 0 Å². The summed E-state index contributed by atoms with van der Waals surface area (Å²) in [5, 5.41) is 6.46. The minimum Gasteiger partial charge on any atom is -0.378 e. The molecule has 3 rings (SSSR count). The number of anilines is 2. The maximum absolute atomic E-state index is 12.1. The van der Waals surface area contributed by atoms with Gasteiger partial charge in [-0.15, -0.1) is 0 Å². The third-order valence-corrected chi connectivity index (χ3v) is 5.24. The maximum atomic E-state index is 12.1. The molecule has 3 aromatic rings. The second-order valence-corrected chi connectivity index (χ2v) is 7.83. The molecule has 152 valence electrons. The first kappa shape index (κ1) is 20.8. The van der Waals surface area contributed by atoms with Crippen molar-refractivity contribution in [2.75, 3.05) is 31.3 Å². The highest BCUT2D eigenvalue weighted by Gasteiger charge is 2.23. The van der Waals surface area contributed by atoms with E-state index in [-0.39, 0.29) is 12.1 Å². The van der Waals surface area contributed by atoms with Gasteiger partial charge in [-0.05, 0) is 45.0 Å². The van der Waals surface area contributed by atoms with Crippen molar-refractivity contribution >= 4 is 11.4 Å². The first-order chi connectivity index (χ1) is 14.0. The van der Waals surface area contributed by atoms with E-state index in [4.69, 9.17) is 0 Å². The van der Waals surface area contributed by atoms with Crippen LogP contribution in [0, 0.1) is 0 Å². The van der Waals surface area contributed by atoms with E-state index in [1.807, 2.05) is 57.4 Å². The van der Waals surface area contributed by atoms with Crippen LogP contribution in [0.2, 0.25) is 0 Å². The molecule has 2 atom stereocenters. The maximum Gasteiger partial charge on any atom is 0.253 e. The quantitative estimate of drug-likeness (QED) is 0.521. The van der Waals surface area contributed by atoms with Crippen LogP contribution in [0.25, 0.3) is 0 Å². The Morgan fingerprint density at radius 3 is 1.86 bits per heavy atom. The summed E-state index contributed by atoms with van der Waals surface area (Å²) in [6, 6.07) is 20.6. The van der Waals surface area contributed by atoms with Crippen molar-refractivity contribution < 1.29 is 0 Å². The van der Waals surface area contributed by atoms with Gasteiger partial charge in [0.25, 0.3) is 10.9 Å². The lowest BCUT2D eigenvalue weighted by atomic mass is 10.0. The fraction of sp³-hybridized carbons (Fsp3) is 0.333. The van der Waals surface area contributed by atoms with E-state index in [0.717, 1.165) is 12.8 Å². The van der Waals surface area contributed by atoms with Gasteiger partial charge in [0.2, 0.25) is 0 Å². The lowest BCUT2D eigenvalue weighted by Gasteiger charge is -2.26. The fourth-order valence-electron chi connectivity index (χ4n) is 3.51. The smallest absolute Gasteiger partial charge is 0.253 e. The Morgan fingerprint density at radius 1 is 0.793 bits per heavy atom. The first-order valence-corrected chi connectivity index (χ1v) is 10.0. The summed E-state index contributed by atoms with van der Waals surface area (Å²) in [6.07, 6.45) is 1.65. The zero-order valence-corrected chi connectivity index (χ0v) is 17.3. The van der Waals surface area contributed by atoms with E-state index in [9.17, 15) is 9.59 Å². The molecule has 0 heterocycles. The molecule has 0 aliphatic heterocycles. The van der Waals surface area contributed by atoms with Gasteiger partial charge in [0.1, 0.15) is 11.4 Å². The molecule has 0 amide bonds. The largest absolute Gasteiger partial charge is 0.378 e. The van der Waals surface area contributed by atoms with E-state index in [1.54, 1.807) is 0 Å². The Labute approximate surface area is 172 Å². The summed E-state index contributed by atoms with van der Waals surface area (Å²) in [7, 11) is 4.05. The van der Waals surface area contributed by atoms with Crippen LogP contribution in [-0.2, 0) is 12.8 Å². The molecule has 5 nitrogen and oxygen atoms in total. The van der Waals surface area contributed by atoms with E-state index in [1.165, 1.54) is 11.1 Å². The molecule has 0 radical (unpaired) electrons. The van der Waals surface area contributed by atoms with Crippen LogP contribution >= 0.6 is 0 Å². The van der Waals surface area contributed by atoms with Crippen LogP contribution in [0.15, 0.2) is 70.3 Å². The zero-order chi connectivity index (χ0) is 20.8. The number of nitrogens with one attached hydrogen (secondary N) is 2. The topological polar surface area (TPSA) is 61.4 Å². The van der Waals surface area contributed by atoms with E-state index in [0.29, 0.717) is 17.9 Å². The highest BCUT2D eigenvalue weighted by Crippen LogP contribution is 2.18. The number of likely N-dealkylation sites (N-methyl/N-ethyl adjacent to an activating group) is 1. The highest BCUT2D eigenvalue weighted by molar-refractivity contribution is 5.74. The fourth-order valence-corrected chi connectivity index (χ4v) is 3.51. The van der Waals surface area contributed by atoms with E-state index < -0.39 is 10.9 Å². The zero-order valence-electron chi connectivity index (χ0n) is 17.3. The summed E-state index contributed by atoms with van der Waals surface area (Å²) >= 11 is 0. The molecule has 3 aromatic carbocycles. The van der Waals surface area contributed by atoms with Crippen molar-refractivity contribution in [1.82, 2.24) is 4.90 Å². The Balaban J connectivity index is 1.63. The Hall–Kier alpha value is -2.92. The summed E-state index contributed by atoms with van der Waals surface area (Å²) in [6.45, 7) is 2.61. The van der Waals surface area contributed by atoms with Gasteiger partial charge in [0.15, 0.2) is 0 Å². The van der Waals surface area contributed by atoms with Gasteiger partial charge in [0, 0.05) is 18.6 Å². The van der Waals surface area contributed by atoms with Crippen molar-refractivity contribution in [3.8, 4) is 0 Å². The molecule has 0 aliphatic carbocycles. The van der Waals surface area contributed by atoms with Crippen molar-refractivity contribution in [3.05, 3.63) is 92.2 Å². The van der Waals surface area contributed by atoms with Crippen LogP contribution in [0.5, 0.6) is 0 Å². The third-order valence-electron chi connectivity index (χ3n) is 5.24. The predicted molar refractivity (Wildman–Crippen MR) is 121 cm³/mol. The number of rotatable bonds is 10. The van der Waals surface area contributed by atoms with Crippen molar-refractivity contribution in [2.24, 2.45) is 0 Å². The molecule has 0 spiro atoms. The lowest BCUT2D eigenvalue weighted by molar-refractivity contribution is 0.303. The lowest BCUT2D eigenvalue weighted by Crippen LogP contribution is -2.43. The average Bonchev–Trinajstić information content (AvgIpc) is 2.73. The normalized spacial score (nSPS) is 13.4. The van der Waals surface area contributed by atoms with Crippen LogP contribution < -0.4 is 21.5 Å². The molecule has 5 heteroatoms. The highest BCUT2D eigenvalue weighted by atomic mass is 16.2. The van der Waals surface area contributed by atoms with Gasteiger partial charge in [-0.1, -0.05) is 60.7 Å². The summed E-state index contributed by atoms with van der Waals surface area (Å²) in [5.74, 6) is 0. The monoisotopic (exact) mass is 391 g/mol. The Kier molecular flexibility index (Phi) is 6.83. The molecular weight excluding hydrogens is 362 g/mol. The number of hydrogen-bond donors (Lipinski definition) is 2. The van der Waals surface area contributed by atoms with Crippen LogP contribution in [0.3, 0.4) is 0 Å². The SMILES string of the molecule is C[C@H](Cc1ccccc1)Nc1c(NC[C@@H](Cc2ccccc2)N(C)C)c(=O)c1=O. The summed E-state index contributed by atoms with van der Waals surface area (Å²) in [5.41, 5.74) is 2.39. The third kappa shape index (κ3) is 5.33. The Morgan fingerprint density at radius 2 is 1.31 bits per heavy atom. The van der Waals surface area contributed by atoms with Gasteiger partial charge in [-0.3, -0.25) is 9.59 Å². The Bertz CT molecular complexity index is 977. The second-order valence-electron chi connectivity index (χ2n) is 7.83.